The van der Waals surface area contributed by atoms with Gasteiger partial charge in [-0.2, -0.15) is 0 Å². The summed E-state index contributed by atoms with van der Waals surface area (Å²) in [5.41, 5.74) is 7.26. The fraction of sp³-hybridized carbons (Fsp3) is 0.615. The fourth-order valence-electron chi connectivity index (χ4n) is 1.64. The molecule has 0 spiro atoms. The van der Waals surface area contributed by atoms with Crippen molar-refractivity contribution in [1.82, 2.24) is 9.88 Å². The van der Waals surface area contributed by atoms with E-state index in [-0.39, 0.29) is 6.04 Å². The van der Waals surface area contributed by atoms with Gasteiger partial charge in [0.2, 0.25) is 0 Å². The van der Waals surface area contributed by atoms with Crippen LogP contribution in [-0.2, 0) is 6.54 Å². The van der Waals surface area contributed by atoms with Crippen molar-refractivity contribution in [2.75, 3.05) is 13.6 Å². The Kier molecular flexibility index (Phi) is 6.09. The Hall–Kier alpha value is -0.450. The Bertz CT molecular complexity index is 341. The van der Waals surface area contributed by atoms with Crippen LogP contribution < -0.4 is 5.73 Å². The second kappa shape index (κ2) is 7.09. The van der Waals surface area contributed by atoms with Gasteiger partial charge in [-0.3, -0.25) is 4.98 Å². The van der Waals surface area contributed by atoms with Crippen molar-refractivity contribution < 1.29 is 0 Å². The maximum absolute atomic E-state index is 6.04. The summed E-state index contributed by atoms with van der Waals surface area (Å²) in [6.45, 7) is 6.27. The van der Waals surface area contributed by atoms with E-state index >= 15 is 0 Å². The highest BCUT2D eigenvalue weighted by Gasteiger charge is 2.09. The molecule has 0 aromatic carbocycles. The van der Waals surface area contributed by atoms with Crippen molar-refractivity contribution in [3.05, 3.63) is 28.5 Å². The summed E-state index contributed by atoms with van der Waals surface area (Å²) in [5, 5.41) is 0. The number of pyridine rings is 1. The summed E-state index contributed by atoms with van der Waals surface area (Å²) < 4.78 is 1.03. The SMILES string of the molecule is CC(C)C(N)CCN(C)Cc1cncc(Br)c1. The van der Waals surface area contributed by atoms with Gasteiger partial charge in [0, 0.05) is 29.5 Å². The van der Waals surface area contributed by atoms with E-state index in [0.29, 0.717) is 5.92 Å². The summed E-state index contributed by atoms with van der Waals surface area (Å²) in [6.07, 6.45) is 4.75. The molecule has 0 aliphatic rings. The normalized spacial score (nSPS) is 13.4. The zero-order chi connectivity index (χ0) is 12.8. The van der Waals surface area contributed by atoms with E-state index in [1.165, 1.54) is 5.56 Å². The zero-order valence-corrected chi connectivity index (χ0v) is 12.4. The predicted octanol–water partition coefficient (Wildman–Crippen LogP) is 2.65. The first kappa shape index (κ1) is 14.6. The number of nitrogens with two attached hydrogens (primary N) is 1. The van der Waals surface area contributed by atoms with E-state index in [9.17, 15) is 0 Å². The first-order valence-corrected chi connectivity index (χ1v) is 6.82. The minimum Gasteiger partial charge on any atom is -0.327 e. The highest BCUT2D eigenvalue weighted by molar-refractivity contribution is 9.10. The maximum atomic E-state index is 6.04. The minimum absolute atomic E-state index is 0.290. The van der Waals surface area contributed by atoms with Crippen molar-refractivity contribution in [3.63, 3.8) is 0 Å². The molecule has 2 N–H and O–H groups in total. The molecule has 0 saturated heterocycles. The third-order valence-corrected chi connectivity index (χ3v) is 3.35. The molecule has 0 amide bonds. The van der Waals surface area contributed by atoms with Crippen molar-refractivity contribution in [3.8, 4) is 0 Å². The van der Waals surface area contributed by atoms with Gasteiger partial charge in [0.05, 0.1) is 0 Å². The molecule has 0 radical (unpaired) electrons. The molecule has 1 aromatic rings. The molecule has 4 heteroatoms. The number of hydrogen-bond donors (Lipinski definition) is 1. The van der Waals surface area contributed by atoms with Crippen LogP contribution in [0, 0.1) is 5.92 Å². The van der Waals surface area contributed by atoms with Crippen LogP contribution in [0.4, 0.5) is 0 Å². The summed E-state index contributed by atoms with van der Waals surface area (Å²) in [7, 11) is 2.12. The lowest BCUT2D eigenvalue weighted by atomic mass is 10.0. The molecule has 0 aliphatic heterocycles. The number of nitrogens with zero attached hydrogens (tertiary/aromatic N) is 2. The molecule has 0 saturated carbocycles. The van der Waals surface area contributed by atoms with Crippen LogP contribution in [0.1, 0.15) is 25.8 Å². The molecule has 0 aliphatic carbocycles. The van der Waals surface area contributed by atoms with Crippen molar-refractivity contribution in [2.24, 2.45) is 11.7 Å². The Balaban J connectivity index is 2.37. The van der Waals surface area contributed by atoms with Crippen LogP contribution in [0.2, 0.25) is 0 Å². The third-order valence-electron chi connectivity index (χ3n) is 2.91. The van der Waals surface area contributed by atoms with E-state index in [0.717, 1.165) is 24.0 Å². The van der Waals surface area contributed by atoms with Gasteiger partial charge in [0.25, 0.3) is 0 Å². The van der Waals surface area contributed by atoms with Gasteiger partial charge in [-0.05, 0) is 53.5 Å². The molecular formula is C13H22BrN3. The predicted molar refractivity (Wildman–Crippen MR) is 75.7 cm³/mol. The van der Waals surface area contributed by atoms with Crippen molar-refractivity contribution >= 4 is 15.9 Å². The van der Waals surface area contributed by atoms with Gasteiger partial charge in [-0.15, -0.1) is 0 Å². The van der Waals surface area contributed by atoms with E-state index in [1.54, 1.807) is 6.20 Å². The maximum Gasteiger partial charge on any atom is 0.0410 e. The second-order valence-electron chi connectivity index (χ2n) is 4.95. The van der Waals surface area contributed by atoms with Crippen molar-refractivity contribution in [1.29, 1.82) is 0 Å². The monoisotopic (exact) mass is 299 g/mol. The fourth-order valence-corrected chi connectivity index (χ4v) is 2.05. The molecular weight excluding hydrogens is 278 g/mol. The Labute approximate surface area is 113 Å². The van der Waals surface area contributed by atoms with Gasteiger partial charge in [-0.25, -0.2) is 0 Å². The molecule has 1 rings (SSSR count). The Morgan fingerprint density at radius 2 is 2.12 bits per heavy atom. The van der Waals surface area contributed by atoms with E-state index in [2.05, 4.69) is 52.8 Å². The number of rotatable bonds is 6. The standard InChI is InChI=1S/C13H22BrN3/c1-10(2)13(15)4-5-17(3)9-11-6-12(14)8-16-7-11/h6-8,10,13H,4-5,9,15H2,1-3H3. The van der Waals surface area contributed by atoms with E-state index in [4.69, 9.17) is 5.73 Å². The van der Waals surface area contributed by atoms with Crippen molar-refractivity contribution in [2.45, 2.75) is 32.9 Å². The summed E-state index contributed by atoms with van der Waals surface area (Å²) in [5.74, 6) is 0.552. The molecule has 1 unspecified atom stereocenters. The van der Waals surface area contributed by atoms with Crippen LogP contribution >= 0.6 is 15.9 Å². The van der Waals surface area contributed by atoms with Gasteiger partial charge in [0.1, 0.15) is 0 Å². The molecule has 1 heterocycles. The summed E-state index contributed by atoms with van der Waals surface area (Å²) >= 11 is 3.43. The number of hydrogen-bond acceptors (Lipinski definition) is 3. The average Bonchev–Trinajstić information content (AvgIpc) is 2.25. The van der Waals surface area contributed by atoms with Gasteiger partial charge in [-0.1, -0.05) is 13.8 Å². The molecule has 0 fully saturated rings. The first-order valence-electron chi connectivity index (χ1n) is 6.02. The number of halogens is 1. The van der Waals surface area contributed by atoms with Crippen LogP contribution in [0.15, 0.2) is 22.9 Å². The van der Waals surface area contributed by atoms with Gasteiger partial charge in [0.15, 0.2) is 0 Å². The van der Waals surface area contributed by atoms with Crippen LogP contribution in [-0.4, -0.2) is 29.5 Å². The topological polar surface area (TPSA) is 42.1 Å². The highest BCUT2D eigenvalue weighted by Crippen LogP contribution is 2.11. The van der Waals surface area contributed by atoms with Crippen LogP contribution in [0.3, 0.4) is 0 Å². The Morgan fingerprint density at radius 1 is 1.41 bits per heavy atom. The molecule has 1 atom stereocenters. The minimum atomic E-state index is 0.290. The first-order chi connectivity index (χ1) is 7.99. The quantitative estimate of drug-likeness (QED) is 0.878. The smallest absolute Gasteiger partial charge is 0.0410 e. The third kappa shape index (κ3) is 5.61. The molecule has 17 heavy (non-hydrogen) atoms. The van der Waals surface area contributed by atoms with Gasteiger partial charge < -0.3 is 10.6 Å². The molecule has 0 bridgehead atoms. The lowest BCUT2D eigenvalue weighted by molar-refractivity contribution is 0.296. The Morgan fingerprint density at radius 3 is 2.71 bits per heavy atom. The molecule has 3 nitrogen and oxygen atoms in total. The highest BCUT2D eigenvalue weighted by atomic mass is 79.9. The number of aromatic nitrogens is 1. The zero-order valence-electron chi connectivity index (χ0n) is 10.9. The van der Waals surface area contributed by atoms with E-state index < -0.39 is 0 Å². The van der Waals surface area contributed by atoms with Crippen LogP contribution in [0.25, 0.3) is 0 Å². The van der Waals surface area contributed by atoms with E-state index in [1.807, 2.05) is 6.20 Å². The summed E-state index contributed by atoms with van der Waals surface area (Å²) in [6, 6.07) is 2.39. The molecule has 96 valence electrons. The molecule has 1 aromatic heterocycles. The summed E-state index contributed by atoms with van der Waals surface area (Å²) in [4.78, 5) is 6.45. The lowest BCUT2D eigenvalue weighted by Gasteiger charge is -2.21. The van der Waals surface area contributed by atoms with Crippen LogP contribution in [0.5, 0.6) is 0 Å². The average molecular weight is 300 g/mol. The van der Waals surface area contributed by atoms with Gasteiger partial charge >= 0.3 is 0 Å². The second-order valence-corrected chi connectivity index (χ2v) is 5.86. The largest absolute Gasteiger partial charge is 0.327 e. The lowest BCUT2D eigenvalue weighted by Crippen LogP contribution is -2.31.